The predicted molar refractivity (Wildman–Crippen MR) is 80.8 cm³/mol. The first-order valence-corrected chi connectivity index (χ1v) is 6.61. The summed E-state index contributed by atoms with van der Waals surface area (Å²) in [6.07, 6.45) is 4.12. The summed E-state index contributed by atoms with van der Waals surface area (Å²) in [4.78, 5) is 22.8. The first kappa shape index (κ1) is 15.5. The van der Waals surface area contributed by atoms with E-state index in [9.17, 15) is 14.0 Å². The lowest BCUT2D eigenvalue weighted by Gasteiger charge is -2.16. The molecule has 2 rings (SSSR count). The number of nitrogens with one attached hydrogen (secondary N) is 1. The predicted octanol–water partition coefficient (Wildman–Crippen LogP) is 2.92. The monoisotopic (exact) mass is 302 g/mol. The SMILES string of the molecule is CC(C(=O)Nc1ccc(F)cc1)n1cccc1/C=C/C(=O)O. The number of carbonyl (C=O) groups is 2. The Kier molecular flexibility index (Phi) is 4.73. The van der Waals surface area contributed by atoms with Gasteiger partial charge in [-0.15, -0.1) is 0 Å². The molecule has 1 aromatic carbocycles. The Morgan fingerprint density at radius 1 is 1.27 bits per heavy atom. The van der Waals surface area contributed by atoms with Crippen molar-refractivity contribution >= 4 is 23.6 Å². The molecule has 1 atom stereocenters. The molecule has 1 unspecified atom stereocenters. The maximum atomic E-state index is 12.8. The minimum atomic E-state index is -1.06. The highest BCUT2D eigenvalue weighted by molar-refractivity contribution is 5.93. The van der Waals surface area contributed by atoms with Crippen LogP contribution in [0.3, 0.4) is 0 Å². The van der Waals surface area contributed by atoms with E-state index in [0.717, 1.165) is 6.08 Å². The van der Waals surface area contributed by atoms with E-state index in [2.05, 4.69) is 5.32 Å². The number of hydrogen-bond donors (Lipinski definition) is 2. The van der Waals surface area contributed by atoms with Gasteiger partial charge in [-0.3, -0.25) is 4.79 Å². The Labute approximate surface area is 126 Å². The zero-order valence-electron chi connectivity index (χ0n) is 11.9. The Hall–Kier alpha value is -2.89. The van der Waals surface area contributed by atoms with Gasteiger partial charge in [-0.2, -0.15) is 0 Å². The molecule has 1 heterocycles. The average molecular weight is 302 g/mol. The normalized spacial score (nSPS) is 12.3. The molecule has 0 spiro atoms. The fourth-order valence-corrected chi connectivity index (χ4v) is 1.96. The van der Waals surface area contributed by atoms with Crippen LogP contribution in [0.15, 0.2) is 48.7 Å². The standard InChI is InChI=1S/C16H15FN2O3/c1-11(16(22)18-13-6-4-12(17)5-7-13)19-10-2-3-14(19)8-9-15(20)21/h2-11H,1H3,(H,18,22)(H,20,21)/b9-8+. The smallest absolute Gasteiger partial charge is 0.328 e. The van der Waals surface area contributed by atoms with Crippen LogP contribution in [-0.4, -0.2) is 21.6 Å². The van der Waals surface area contributed by atoms with Crippen molar-refractivity contribution in [3.05, 3.63) is 60.2 Å². The quantitative estimate of drug-likeness (QED) is 0.834. The number of carboxylic acids is 1. The lowest BCUT2D eigenvalue weighted by atomic mass is 10.2. The number of carboxylic acid groups (broad SMARTS) is 1. The van der Waals surface area contributed by atoms with Gasteiger partial charge in [-0.25, -0.2) is 9.18 Å². The van der Waals surface area contributed by atoms with Crippen LogP contribution in [0.2, 0.25) is 0 Å². The summed E-state index contributed by atoms with van der Waals surface area (Å²) in [6, 6.07) is 8.36. The summed E-state index contributed by atoms with van der Waals surface area (Å²) in [5.74, 6) is -1.72. The van der Waals surface area contributed by atoms with E-state index in [-0.39, 0.29) is 11.7 Å². The summed E-state index contributed by atoms with van der Waals surface area (Å²) in [7, 11) is 0. The second kappa shape index (κ2) is 6.71. The second-order valence-corrected chi connectivity index (χ2v) is 4.68. The molecular formula is C16H15FN2O3. The molecule has 0 aliphatic carbocycles. The van der Waals surface area contributed by atoms with Crippen LogP contribution in [0, 0.1) is 5.82 Å². The number of rotatable bonds is 5. The van der Waals surface area contributed by atoms with Gasteiger partial charge < -0.3 is 15.0 Å². The third kappa shape index (κ3) is 3.82. The van der Waals surface area contributed by atoms with E-state index in [1.807, 2.05) is 0 Å². The molecule has 0 saturated heterocycles. The largest absolute Gasteiger partial charge is 0.478 e. The first-order chi connectivity index (χ1) is 10.5. The van der Waals surface area contributed by atoms with E-state index in [4.69, 9.17) is 5.11 Å². The lowest BCUT2D eigenvalue weighted by molar-refractivity contribution is -0.131. The number of aromatic nitrogens is 1. The molecule has 0 bridgehead atoms. The van der Waals surface area contributed by atoms with Gasteiger partial charge >= 0.3 is 5.97 Å². The van der Waals surface area contributed by atoms with Crippen LogP contribution < -0.4 is 5.32 Å². The molecule has 22 heavy (non-hydrogen) atoms. The molecule has 2 aromatic rings. The van der Waals surface area contributed by atoms with Gasteiger partial charge in [0.25, 0.3) is 0 Å². The highest BCUT2D eigenvalue weighted by atomic mass is 19.1. The van der Waals surface area contributed by atoms with Gasteiger partial charge in [0.15, 0.2) is 0 Å². The fraction of sp³-hybridized carbons (Fsp3) is 0.125. The fourth-order valence-electron chi connectivity index (χ4n) is 1.96. The number of aliphatic carboxylic acids is 1. The molecule has 6 heteroatoms. The van der Waals surface area contributed by atoms with Crippen molar-refractivity contribution in [1.82, 2.24) is 4.57 Å². The summed E-state index contributed by atoms with van der Waals surface area (Å²) in [5.41, 5.74) is 1.09. The Bertz CT molecular complexity index is 704. The van der Waals surface area contributed by atoms with Gasteiger partial charge in [0.1, 0.15) is 11.9 Å². The van der Waals surface area contributed by atoms with Crippen molar-refractivity contribution in [3.8, 4) is 0 Å². The third-order valence-corrected chi connectivity index (χ3v) is 3.12. The van der Waals surface area contributed by atoms with Gasteiger partial charge in [0.2, 0.25) is 5.91 Å². The molecule has 114 valence electrons. The zero-order chi connectivity index (χ0) is 16.1. The van der Waals surface area contributed by atoms with Crippen LogP contribution in [0.4, 0.5) is 10.1 Å². The summed E-state index contributed by atoms with van der Waals surface area (Å²) in [6.45, 7) is 1.69. The van der Waals surface area contributed by atoms with E-state index in [1.54, 1.807) is 29.8 Å². The maximum absolute atomic E-state index is 12.8. The number of halogens is 1. The number of anilines is 1. The van der Waals surface area contributed by atoms with Crippen LogP contribution in [0.5, 0.6) is 0 Å². The zero-order valence-corrected chi connectivity index (χ0v) is 11.9. The number of nitrogens with zero attached hydrogens (tertiary/aromatic N) is 1. The Balaban J connectivity index is 2.12. The molecule has 5 nitrogen and oxygen atoms in total. The van der Waals surface area contributed by atoms with E-state index < -0.39 is 12.0 Å². The van der Waals surface area contributed by atoms with Crippen molar-refractivity contribution in [3.63, 3.8) is 0 Å². The Morgan fingerprint density at radius 3 is 2.59 bits per heavy atom. The minimum Gasteiger partial charge on any atom is -0.478 e. The number of amides is 1. The molecule has 1 aromatic heterocycles. The van der Waals surface area contributed by atoms with Crippen LogP contribution >= 0.6 is 0 Å². The van der Waals surface area contributed by atoms with Gasteiger partial charge in [-0.05, 0) is 49.4 Å². The number of carbonyl (C=O) groups excluding carboxylic acids is 1. The van der Waals surface area contributed by atoms with Crippen LogP contribution in [-0.2, 0) is 9.59 Å². The molecule has 0 fully saturated rings. The van der Waals surface area contributed by atoms with Crippen molar-refractivity contribution in [1.29, 1.82) is 0 Å². The van der Waals surface area contributed by atoms with Crippen molar-refractivity contribution in [2.45, 2.75) is 13.0 Å². The van der Waals surface area contributed by atoms with Crippen molar-refractivity contribution in [2.75, 3.05) is 5.32 Å². The van der Waals surface area contributed by atoms with Crippen molar-refractivity contribution < 1.29 is 19.1 Å². The minimum absolute atomic E-state index is 0.284. The van der Waals surface area contributed by atoms with E-state index >= 15 is 0 Å². The van der Waals surface area contributed by atoms with E-state index in [1.165, 1.54) is 30.3 Å². The highest BCUT2D eigenvalue weighted by Crippen LogP contribution is 2.16. The lowest BCUT2D eigenvalue weighted by Crippen LogP contribution is -2.23. The van der Waals surface area contributed by atoms with Crippen LogP contribution in [0.25, 0.3) is 6.08 Å². The number of benzene rings is 1. The Morgan fingerprint density at radius 2 is 1.95 bits per heavy atom. The molecular weight excluding hydrogens is 287 g/mol. The molecule has 2 N–H and O–H groups in total. The third-order valence-electron chi connectivity index (χ3n) is 3.12. The first-order valence-electron chi connectivity index (χ1n) is 6.61. The van der Waals surface area contributed by atoms with E-state index in [0.29, 0.717) is 11.4 Å². The number of hydrogen-bond acceptors (Lipinski definition) is 2. The molecule has 0 radical (unpaired) electrons. The molecule has 0 aliphatic rings. The molecule has 0 saturated carbocycles. The molecule has 0 aliphatic heterocycles. The molecule has 1 amide bonds. The summed E-state index contributed by atoms with van der Waals surface area (Å²) < 4.78 is 14.5. The van der Waals surface area contributed by atoms with Gasteiger partial charge in [0, 0.05) is 23.7 Å². The second-order valence-electron chi connectivity index (χ2n) is 4.68. The highest BCUT2D eigenvalue weighted by Gasteiger charge is 2.16. The van der Waals surface area contributed by atoms with Crippen molar-refractivity contribution in [2.24, 2.45) is 0 Å². The topological polar surface area (TPSA) is 71.3 Å². The summed E-state index contributed by atoms with van der Waals surface area (Å²) in [5, 5.41) is 11.3. The average Bonchev–Trinajstić information content (AvgIpc) is 2.95. The van der Waals surface area contributed by atoms with Crippen LogP contribution in [0.1, 0.15) is 18.7 Å². The maximum Gasteiger partial charge on any atom is 0.328 e. The summed E-state index contributed by atoms with van der Waals surface area (Å²) >= 11 is 0. The van der Waals surface area contributed by atoms with Gasteiger partial charge in [-0.1, -0.05) is 0 Å². The van der Waals surface area contributed by atoms with Gasteiger partial charge in [0.05, 0.1) is 0 Å².